The summed E-state index contributed by atoms with van der Waals surface area (Å²) in [6, 6.07) is 15.5. The fraction of sp³-hybridized carbons (Fsp3) is 0.379. The summed E-state index contributed by atoms with van der Waals surface area (Å²) in [7, 11) is 0. The molecule has 0 heterocycles. The molecule has 2 atom stereocenters. The highest BCUT2D eigenvalue weighted by atomic mass is 16.7. The Bertz CT molecular complexity index is 896. The van der Waals surface area contributed by atoms with Crippen LogP contribution in [0.2, 0.25) is 0 Å². The number of hydrogen-bond donors (Lipinski definition) is 0. The minimum Gasteiger partial charge on any atom is -0.455 e. The summed E-state index contributed by atoms with van der Waals surface area (Å²) < 4.78 is 22.3. The Morgan fingerprint density at radius 1 is 0.743 bits per heavy atom. The maximum absolute atomic E-state index is 11.6. The molecule has 0 fully saturated rings. The molecule has 0 amide bonds. The molecule has 0 aliphatic rings. The summed E-state index contributed by atoms with van der Waals surface area (Å²) >= 11 is 0. The predicted octanol–water partition coefficient (Wildman–Crippen LogP) is 6.48. The quantitative estimate of drug-likeness (QED) is 0.175. The second-order valence-corrected chi connectivity index (χ2v) is 8.63. The van der Waals surface area contributed by atoms with E-state index in [1.165, 1.54) is 0 Å². The highest BCUT2D eigenvalue weighted by Crippen LogP contribution is 2.34. The number of carbonyl (C=O) groups excluding carboxylic acids is 2. The molecule has 2 aromatic rings. The molecule has 0 radical (unpaired) electrons. The number of rotatable bonds is 14. The lowest BCUT2D eigenvalue weighted by molar-refractivity contribution is -0.159. The van der Waals surface area contributed by atoms with Crippen LogP contribution in [0.25, 0.3) is 0 Å². The van der Waals surface area contributed by atoms with Gasteiger partial charge in [-0.25, -0.2) is 9.59 Å². The molecule has 0 spiro atoms. The molecular weight excluding hydrogens is 444 g/mol. The van der Waals surface area contributed by atoms with E-state index in [0.717, 1.165) is 36.1 Å². The van der Waals surface area contributed by atoms with Gasteiger partial charge in [-0.3, -0.25) is 0 Å². The zero-order valence-corrected chi connectivity index (χ0v) is 21.1. The Balaban J connectivity index is 2.10. The fourth-order valence-corrected chi connectivity index (χ4v) is 3.48. The molecule has 0 aromatic heterocycles. The average molecular weight is 481 g/mol. The van der Waals surface area contributed by atoms with E-state index in [1.807, 2.05) is 62.4 Å². The van der Waals surface area contributed by atoms with E-state index in [4.69, 9.17) is 18.9 Å². The van der Waals surface area contributed by atoms with Gasteiger partial charge in [-0.15, -0.1) is 0 Å². The van der Waals surface area contributed by atoms with E-state index in [-0.39, 0.29) is 5.41 Å². The van der Waals surface area contributed by atoms with Gasteiger partial charge in [0.05, 0.1) is 0 Å². The lowest BCUT2D eigenvalue weighted by Crippen LogP contribution is -2.24. The van der Waals surface area contributed by atoms with Crippen LogP contribution < -0.4 is 9.47 Å². The SMILES string of the molecule is C=CC(=O)OC(CCC)Oc1ccc(C(C)(C)c2ccc(OC(CCC)OC(=O)C=C)cc2)cc1. The molecule has 2 rings (SSSR count). The molecule has 2 unspecified atom stereocenters. The molecule has 6 heteroatoms. The largest absolute Gasteiger partial charge is 0.455 e. The molecule has 0 aliphatic heterocycles. The smallest absolute Gasteiger partial charge is 0.333 e. The topological polar surface area (TPSA) is 71.1 Å². The molecule has 0 N–H and O–H groups in total. The minimum absolute atomic E-state index is 0.284. The Labute approximate surface area is 208 Å². The van der Waals surface area contributed by atoms with Crippen molar-refractivity contribution in [2.75, 3.05) is 0 Å². The third-order valence-corrected chi connectivity index (χ3v) is 5.56. The van der Waals surface area contributed by atoms with E-state index in [0.29, 0.717) is 24.3 Å². The van der Waals surface area contributed by atoms with Gasteiger partial charge in [-0.2, -0.15) is 0 Å². The molecule has 0 bridgehead atoms. The fourth-order valence-electron chi connectivity index (χ4n) is 3.48. The molecule has 6 nitrogen and oxygen atoms in total. The Hall–Kier alpha value is -3.54. The van der Waals surface area contributed by atoms with Crippen molar-refractivity contribution in [2.24, 2.45) is 0 Å². The number of esters is 2. The van der Waals surface area contributed by atoms with Gasteiger partial charge in [0.25, 0.3) is 0 Å². The first-order chi connectivity index (χ1) is 16.7. The third kappa shape index (κ3) is 8.32. The lowest BCUT2D eigenvalue weighted by Gasteiger charge is -2.27. The number of benzene rings is 2. The first kappa shape index (κ1) is 27.7. The molecule has 0 saturated heterocycles. The van der Waals surface area contributed by atoms with Crippen LogP contribution in [0.4, 0.5) is 0 Å². The minimum atomic E-state index is -0.654. The van der Waals surface area contributed by atoms with Crippen molar-refractivity contribution in [3.05, 3.63) is 85.0 Å². The van der Waals surface area contributed by atoms with Crippen LogP contribution in [0.15, 0.2) is 73.8 Å². The van der Waals surface area contributed by atoms with Gasteiger partial charge in [-0.1, -0.05) is 65.1 Å². The second-order valence-electron chi connectivity index (χ2n) is 8.63. The van der Waals surface area contributed by atoms with Crippen molar-refractivity contribution >= 4 is 11.9 Å². The van der Waals surface area contributed by atoms with E-state index >= 15 is 0 Å². The van der Waals surface area contributed by atoms with E-state index in [2.05, 4.69) is 27.0 Å². The monoisotopic (exact) mass is 480 g/mol. The Morgan fingerprint density at radius 3 is 1.37 bits per heavy atom. The molecule has 35 heavy (non-hydrogen) atoms. The molecule has 188 valence electrons. The van der Waals surface area contributed by atoms with E-state index < -0.39 is 24.5 Å². The average Bonchev–Trinajstić information content (AvgIpc) is 2.84. The van der Waals surface area contributed by atoms with Crippen LogP contribution in [0.1, 0.15) is 64.5 Å². The van der Waals surface area contributed by atoms with Gasteiger partial charge in [0, 0.05) is 30.4 Å². The third-order valence-electron chi connectivity index (χ3n) is 5.56. The van der Waals surface area contributed by atoms with Gasteiger partial charge in [-0.05, 0) is 48.2 Å². The van der Waals surface area contributed by atoms with E-state index in [1.54, 1.807) is 0 Å². The van der Waals surface area contributed by atoms with Gasteiger partial charge in [0.2, 0.25) is 12.6 Å². The van der Waals surface area contributed by atoms with Gasteiger partial charge >= 0.3 is 11.9 Å². The first-order valence-electron chi connectivity index (χ1n) is 11.9. The lowest BCUT2D eigenvalue weighted by atomic mass is 9.78. The zero-order chi connectivity index (χ0) is 25.8. The predicted molar refractivity (Wildman–Crippen MR) is 136 cm³/mol. The molecular formula is C29H36O6. The summed E-state index contributed by atoms with van der Waals surface area (Å²) in [4.78, 5) is 23.1. The maximum Gasteiger partial charge on any atom is 0.333 e. The van der Waals surface area contributed by atoms with Crippen LogP contribution in [0.5, 0.6) is 11.5 Å². The summed E-state index contributed by atoms with van der Waals surface area (Å²) in [5.74, 6) is 0.237. The number of hydrogen-bond acceptors (Lipinski definition) is 6. The molecule has 0 aliphatic carbocycles. The van der Waals surface area contributed by atoms with Crippen LogP contribution in [0.3, 0.4) is 0 Å². The van der Waals surface area contributed by atoms with Crippen LogP contribution >= 0.6 is 0 Å². The summed E-state index contributed by atoms with van der Waals surface area (Å²) in [5, 5.41) is 0. The van der Waals surface area contributed by atoms with Crippen molar-refractivity contribution in [3.8, 4) is 11.5 Å². The second kappa shape index (κ2) is 13.4. The normalized spacial score (nSPS) is 12.7. The number of ether oxygens (including phenoxy) is 4. The van der Waals surface area contributed by atoms with Crippen molar-refractivity contribution in [1.82, 2.24) is 0 Å². The van der Waals surface area contributed by atoms with Gasteiger partial charge in [0.15, 0.2) is 0 Å². The van der Waals surface area contributed by atoms with E-state index in [9.17, 15) is 9.59 Å². The highest BCUT2D eigenvalue weighted by Gasteiger charge is 2.24. The molecule has 2 aromatic carbocycles. The van der Waals surface area contributed by atoms with Crippen molar-refractivity contribution < 1.29 is 28.5 Å². The molecule has 0 saturated carbocycles. The number of carbonyl (C=O) groups is 2. The Morgan fingerprint density at radius 2 is 1.09 bits per heavy atom. The summed E-state index contributed by atoms with van der Waals surface area (Å²) in [5.41, 5.74) is 1.91. The van der Waals surface area contributed by atoms with Crippen LogP contribution in [-0.4, -0.2) is 24.5 Å². The summed E-state index contributed by atoms with van der Waals surface area (Å²) in [6.45, 7) is 15.1. The Kier molecular flexibility index (Phi) is 10.6. The zero-order valence-electron chi connectivity index (χ0n) is 21.1. The standard InChI is InChI=1S/C29H36O6/c1-7-11-27(34-25(30)9-3)32-23-17-13-21(14-18-23)29(5,6)22-15-19-24(20-16-22)33-28(12-8-2)35-26(31)10-4/h9-10,13-20,27-28H,3-4,7-8,11-12H2,1-2,5-6H3. The van der Waals surface area contributed by atoms with Gasteiger partial charge < -0.3 is 18.9 Å². The summed E-state index contributed by atoms with van der Waals surface area (Å²) in [6.07, 6.45) is 3.77. The highest BCUT2D eigenvalue weighted by molar-refractivity contribution is 5.81. The van der Waals surface area contributed by atoms with Crippen molar-refractivity contribution in [1.29, 1.82) is 0 Å². The van der Waals surface area contributed by atoms with Crippen LogP contribution in [0, 0.1) is 0 Å². The van der Waals surface area contributed by atoms with Crippen molar-refractivity contribution in [2.45, 2.75) is 71.4 Å². The first-order valence-corrected chi connectivity index (χ1v) is 11.9. The maximum atomic E-state index is 11.6. The van der Waals surface area contributed by atoms with Gasteiger partial charge in [0.1, 0.15) is 11.5 Å². The van der Waals surface area contributed by atoms with Crippen molar-refractivity contribution in [3.63, 3.8) is 0 Å². The van der Waals surface area contributed by atoms with Crippen LogP contribution in [-0.2, 0) is 24.5 Å².